The summed E-state index contributed by atoms with van der Waals surface area (Å²) in [5, 5.41) is 0. The molecular formula is C13H17BrFNO. The molecular weight excluding hydrogens is 285 g/mol. The molecule has 2 rings (SSSR count). The highest BCUT2D eigenvalue weighted by Gasteiger charge is 2.10. The van der Waals surface area contributed by atoms with Gasteiger partial charge in [0.05, 0.1) is 4.47 Å². The average molecular weight is 302 g/mol. The van der Waals surface area contributed by atoms with E-state index >= 15 is 0 Å². The molecule has 1 aliphatic heterocycles. The summed E-state index contributed by atoms with van der Waals surface area (Å²) >= 11 is 3.35. The molecule has 0 aromatic heterocycles. The van der Waals surface area contributed by atoms with Gasteiger partial charge in [0.1, 0.15) is 18.2 Å². The van der Waals surface area contributed by atoms with Gasteiger partial charge < -0.3 is 4.74 Å². The van der Waals surface area contributed by atoms with Crippen molar-refractivity contribution < 1.29 is 9.13 Å². The fraction of sp³-hybridized carbons (Fsp3) is 0.538. The molecule has 1 aromatic rings. The van der Waals surface area contributed by atoms with Crippen LogP contribution in [-0.2, 0) is 0 Å². The van der Waals surface area contributed by atoms with Crippen LogP contribution in [-0.4, -0.2) is 31.1 Å². The van der Waals surface area contributed by atoms with Crippen LogP contribution < -0.4 is 4.74 Å². The topological polar surface area (TPSA) is 12.5 Å². The molecule has 0 aliphatic carbocycles. The predicted octanol–water partition coefficient (Wildman–Crippen LogP) is 3.45. The van der Waals surface area contributed by atoms with Crippen molar-refractivity contribution >= 4 is 15.9 Å². The van der Waals surface area contributed by atoms with E-state index in [9.17, 15) is 4.39 Å². The molecule has 0 saturated carbocycles. The average Bonchev–Trinajstić information content (AvgIpc) is 2.35. The minimum absolute atomic E-state index is 0.263. The molecule has 0 unspecified atom stereocenters. The van der Waals surface area contributed by atoms with E-state index in [1.54, 1.807) is 6.07 Å². The molecule has 2 nitrogen and oxygen atoms in total. The van der Waals surface area contributed by atoms with Gasteiger partial charge >= 0.3 is 0 Å². The van der Waals surface area contributed by atoms with Crippen LogP contribution in [0.4, 0.5) is 4.39 Å². The number of likely N-dealkylation sites (tertiary alicyclic amines) is 1. The van der Waals surface area contributed by atoms with Crippen LogP contribution in [0, 0.1) is 5.82 Å². The van der Waals surface area contributed by atoms with Crippen molar-refractivity contribution in [3.63, 3.8) is 0 Å². The molecule has 1 aliphatic rings. The SMILES string of the molecule is Fc1ccc(Br)c(OCCN2CCCCC2)c1. The minimum atomic E-state index is -0.263. The summed E-state index contributed by atoms with van der Waals surface area (Å²) in [6.45, 7) is 3.85. The number of rotatable bonds is 4. The van der Waals surface area contributed by atoms with Crippen LogP contribution >= 0.6 is 15.9 Å². The van der Waals surface area contributed by atoms with Crippen molar-refractivity contribution in [2.75, 3.05) is 26.2 Å². The minimum Gasteiger partial charge on any atom is -0.491 e. The number of benzene rings is 1. The lowest BCUT2D eigenvalue weighted by Gasteiger charge is -2.26. The van der Waals surface area contributed by atoms with Crippen molar-refractivity contribution in [1.29, 1.82) is 0 Å². The van der Waals surface area contributed by atoms with Gasteiger partial charge in [-0.2, -0.15) is 0 Å². The Morgan fingerprint density at radius 2 is 2.00 bits per heavy atom. The molecule has 1 fully saturated rings. The molecule has 0 N–H and O–H groups in total. The summed E-state index contributed by atoms with van der Waals surface area (Å²) in [5.41, 5.74) is 0. The molecule has 17 heavy (non-hydrogen) atoms. The Labute approximate surface area is 110 Å². The normalized spacial score (nSPS) is 17.1. The van der Waals surface area contributed by atoms with Gasteiger partial charge in [-0.25, -0.2) is 4.39 Å². The summed E-state index contributed by atoms with van der Waals surface area (Å²) in [5.74, 6) is 0.322. The third kappa shape index (κ3) is 3.96. The standard InChI is InChI=1S/C13H17BrFNO/c14-12-5-4-11(15)10-13(12)17-9-8-16-6-2-1-3-7-16/h4-5,10H,1-3,6-9H2. The van der Waals surface area contributed by atoms with Crippen LogP contribution in [0.25, 0.3) is 0 Å². The van der Waals surface area contributed by atoms with E-state index in [1.165, 1.54) is 31.4 Å². The first kappa shape index (κ1) is 12.8. The highest BCUT2D eigenvalue weighted by Crippen LogP contribution is 2.25. The quantitative estimate of drug-likeness (QED) is 0.844. The molecule has 1 saturated heterocycles. The van der Waals surface area contributed by atoms with E-state index in [0.717, 1.165) is 24.1 Å². The molecule has 4 heteroatoms. The van der Waals surface area contributed by atoms with E-state index in [1.807, 2.05) is 0 Å². The van der Waals surface area contributed by atoms with Crippen LogP contribution in [0.2, 0.25) is 0 Å². The van der Waals surface area contributed by atoms with Crippen LogP contribution in [0.1, 0.15) is 19.3 Å². The Balaban J connectivity index is 1.79. The van der Waals surface area contributed by atoms with Crippen LogP contribution in [0.3, 0.4) is 0 Å². The summed E-state index contributed by atoms with van der Waals surface area (Å²) in [6.07, 6.45) is 3.90. The highest BCUT2D eigenvalue weighted by molar-refractivity contribution is 9.10. The van der Waals surface area contributed by atoms with Crippen LogP contribution in [0.5, 0.6) is 5.75 Å². The fourth-order valence-corrected chi connectivity index (χ4v) is 2.42. The number of nitrogens with zero attached hydrogens (tertiary/aromatic N) is 1. The second-order valence-electron chi connectivity index (χ2n) is 4.33. The monoisotopic (exact) mass is 301 g/mol. The summed E-state index contributed by atoms with van der Waals surface area (Å²) in [7, 11) is 0. The Kier molecular flexibility index (Phi) is 4.80. The number of piperidine rings is 1. The van der Waals surface area contributed by atoms with Gasteiger partial charge in [-0.05, 0) is 54.0 Å². The molecule has 94 valence electrons. The molecule has 0 bridgehead atoms. The van der Waals surface area contributed by atoms with Gasteiger partial charge in [0.15, 0.2) is 0 Å². The summed E-state index contributed by atoms with van der Waals surface area (Å²) < 4.78 is 19.4. The van der Waals surface area contributed by atoms with E-state index in [-0.39, 0.29) is 5.82 Å². The Bertz CT molecular complexity index is 366. The summed E-state index contributed by atoms with van der Waals surface area (Å²) in [4.78, 5) is 2.40. The smallest absolute Gasteiger partial charge is 0.136 e. The third-order valence-electron chi connectivity index (χ3n) is 3.01. The predicted molar refractivity (Wildman–Crippen MR) is 69.9 cm³/mol. The maximum atomic E-state index is 13.0. The second-order valence-corrected chi connectivity index (χ2v) is 5.18. The van der Waals surface area contributed by atoms with Crippen LogP contribution in [0.15, 0.2) is 22.7 Å². The summed E-state index contributed by atoms with van der Waals surface area (Å²) in [6, 6.07) is 4.51. The lowest BCUT2D eigenvalue weighted by Crippen LogP contribution is -2.33. The maximum absolute atomic E-state index is 13.0. The molecule has 0 atom stereocenters. The van der Waals surface area contributed by atoms with Gasteiger partial charge in [0.25, 0.3) is 0 Å². The number of hydrogen-bond donors (Lipinski definition) is 0. The zero-order chi connectivity index (χ0) is 12.1. The molecule has 1 aromatic carbocycles. The maximum Gasteiger partial charge on any atom is 0.136 e. The number of halogens is 2. The Morgan fingerprint density at radius 3 is 2.76 bits per heavy atom. The largest absolute Gasteiger partial charge is 0.491 e. The van der Waals surface area contributed by atoms with Gasteiger partial charge in [0, 0.05) is 12.6 Å². The molecule has 0 amide bonds. The molecule has 1 heterocycles. The van der Waals surface area contributed by atoms with E-state index in [4.69, 9.17) is 4.74 Å². The Hall–Kier alpha value is -0.610. The number of hydrogen-bond acceptors (Lipinski definition) is 2. The molecule has 0 radical (unpaired) electrons. The van der Waals surface area contributed by atoms with Crippen molar-refractivity contribution in [2.24, 2.45) is 0 Å². The third-order valence-corrected chi connectivity index (χ3v) is 3.66. The van der Waals surface area contributed by atoms with Gasteiger partial charge in [-0.1, -0.05) is 6.42 Å². The highest BCUT2D eigenvalue weighted by atomic mass is 79.9. The van der Waals surface area contributed by atoms with Gasteiger partial charge in [0.2, 0.25) is 0 Å². The fourth-order valence-electron chi connectivity index (χ4n) is 2.06. The Morgan fingerprint density at radius 1 is 1.24 bits per heavy atom. The zero-order valence-corrected chi connectivity index (χ0v) is 11.4. The van der Waals surface area contributed by atoms with Gasteiger partial charge in [-0.15, -0.1) is 0 Å². The lowest BCUT2D eigenvalue weighted by molar-refractivity contribution is 0.182. The van der Waals surface area contributed by atoms with Crippen molar-refractivity contribution in [2.45, 2.75) is 19.3 Å². The van der Waals surface area contributed by atoms with Crippen molar-refractivity contribution in [3.05, 3.63) is 28.5 Å². The van der Waals surface area contributed by atoms with Crippen molar-refractivity contribution in [3.8, 4) is 5.75 Å². The second kappa shape index (κ2) is 6.36. The van der Waals surface area contributed by atoms with Crippen molar-refractivity contribution in [1.82, 2.24) is 4.90 Å². The zero-order valence-electron chi connectivity index (χ0n) is 9.79. The molecule has 0 spiro atoms. The number of ether oxygens (including phenoxy) is 1. The lowest BCUT2D eigenvalue weighted by atomic mass is 10.1. The van der Waals surface area contributed by atoms with Gasteiger partial charge in [-0.3, -0.25) is 4.90 Å². The van der Waals surface area contributed by atoms with E-state index < -0.39 is 0 Å². The first-order valence-electron chi connectivity index (χ1n) is 6.06. The first-order valence-corrected chi connectivity index (χ1v) is 6.85. The first-order chi connectivity index (χ1) is 8.25. The van der Waals surface area contributed by atoms with E-state index in [2.05, 4.69) is 20.8 Å². The van der Waals surface area contributed by atoms with E-state index in [0.29, 0.717) is 12.4 Å².